The predicted octanol–water partition coefficient (Wildman–Crippen LogP) is 0.912. The summed E-state index contributed by atoms with van der Waals surface area (Å²) in [6, 6.07) is 0.719. The lowest BCUT2D eigenvalue weighted by Gasteiger charge is -1.90. The third-order valence-corrected chi connectivity index (χ3v) is 1.43. The van der Waals surface area contributed by atoms with Crippen LogP contribution in [0.4, 0.5) is 10.1 Å². The Labute approximate surface area is 70.7 Å². The number of hydrogen-bond acceptors (Lipinski definition) is 3. The van der Waals surface area contributed by atoms with Gasteiger partial charge >= 0.3 is 10.8 Å². The molecular weight excluding hydrogens is 191 g/mol. The van der Waals surface area contributed by atoms with E-state index in [1.54, 1.807) is 0 Å². The molecule has 0 aliphatic rings. The quantitative estimate of drug-likeness (QED) is 0.237. The summed E-state index contributed by atoms with van der Waals surface area (Å²) >= 11 is 5.27. The molecule has 0 radical (unpaired) electrons. The fraction of sp³-hybridized carbons (Fsp3) is 0. The minimum absolute atomic E-state index is 0.254. The van der Waals surface area contributed by atoms with Gasteiger partial charge in [0.1, 0.15) is 6.07 Å². The van der Waals surface area contributed by atoms with Gasteiger partial charge in [-0.1, -0.05) is 0 Å². The molecule has 0 aliphatic heterocycles. The van der Waals surface area contributed by atoms with E-state index in [4.69, 9.17) is 16.8 Å². The molecule has 64 valence electrons. The first-order valence-electron chi connectivity index (χ1n) is 2.76. The van der Waals surface area contributed by atoms with Crippen LogP contribution in [0.15, 0.2) is 12.3 Å². The number of halogens is 2. The second-order valence-electron chi connectivity index (χ2n) is 1.93. The van der Waals surface area contributed by atoms with Crippen LogP contribution in [0.3, 0.4) is 0 Å². The van der Waals surface area contributed by atoms with Crippen LogP contribution in [0.5, 0.6) is 0 Å². The molecule has 0 aliphatic carbocycles. The first-order valence-corrected chi connectivity index (χ1v) is 3.14. The fourth-order valence-electron chi connectivity index (χ4n) is 0.623. The van der Waals surface area contributed by atoms with Crippen LogP contribution in [0, 0.1) is 15.9 Å². The van der Waals surface area contributed by atoms with E-state index in [0.717, 1.165) is 6.07 Å². The average Bonchev–Trinajstić information content (AvgIpc) is 1.96. The Morgan fingerprint density at radius 3 is 2.83 bits per heavy atom. The largest absolute Gasteiger partial charge is 0.332 e. The number of rotatable bonds is 1. The molecule has 12 heavy (non-hydrogen) atoms. The van der Waals surface area contributed by atoms with E-state index in [0.29, 0.717) is 6.20 Å². The molecule has 0 unspecified atom stereocenters. The number of nitro groups is 1. The maximum Gasteiger partial charge on any atom is 0.332 e. The standard InChI is InChI=1S/C5H3ClFN2O3/c6-5-1-4(9(11)12)3(7)2-8(5)10/h1-2,10H/q+1. The Morgan fingerprint density at radius 2 is 2.33 bits per heavy atom. The van der Waals surface area contributed by atoms with Gasteiger partial charge in [0.25, 0.3) is 12.0 Å². The van der Waals surface area contributed by atoms with Crippen molar-refractivity contribution in [3.63, 3.8) is 0 Å². The SMILES string of the molecule is O=[N+]([O-])c1cc(Cl)[n+](O)cc1F. The number of aromatic nitrogens is 1. The van der Waals surface area contributed by atoms with Crippen LogP contribution in [0.1, 0.15) is 0 Å². The molecule has 0 atom stereocenters. The maximum atomic E-state index is 12.6. The Morgan fingerprint density at radius 1 is 1.75 bits per heavy atom. The number of hydrogen-bond donors (Lipinski definition) is 1. The summed E-state index contributed by atoms with van der Waals surface area (Å²) in [5.74, 6) is -1.15. The predicted molar refractivity (Wildman–Crippen MR) is 35.4 cm³/mol. The second-order valence-corrected chi connectivity index (χ2v) is 2.32. The molecule has 7 heteroatoms. The first-order chi connectivity index (χ1) is 5.52. The molecule has 0 fully saturated rings. The molecule has 1 aromatic heterocycles. The van der Waals surface area contributed by atoms with Crippen LogP contribution >= 0.6 is 11.6 Å². The number of pyridine rings is 1. The van der Waals surface area contributed by atoms with Crippen molar-refractivity contribution in [2.24, 2.45) is 0 Å². The molecule has 0 saturated carbocycles. The highest BCUT2D eigenvalue weighted by molar-refractivity contribution is 6.28. The van der Waals surface area contributed by atoms with Gasteiger partial charge < -0.3 is 0 Å². The lowest BCUT2D eigenvalue weighted by Crippen LogP contribution is -2.31. The first kappa shape index (κ1) is 8.66. The highest BCUT2D eigenvalue weighted by Gasteiger charge is 2.22. The van der Waals surface area contributed by atoms with E-state index in [-0.39, 0.29) is 9.88 Å². The lowest BCUT2D eigenvalue weighted by molar-refractivity contribution is -0.904. The van der Waals surface area contributed by atoms with Gasteiger partial charge in [-0.3, -0.25) is 15.3 Å². The normalized spacial score (nSPS) is 9.83. The van der Waals surface area contributed by atoms with E-state index in [1.807, 2.05) is 0 Å². The molecule has 0 amide bonds. The average molecular weight is 194 g/mol. The van der Waals surface area contributed by atoms with Gasteiger partial charge in [0.15, 0.2) is 0 Å². The van der Waals surface area contributed by atoms with Gasteiger partial charge in [0.05, 0.1) is 4.92 Å². The topological polar surface area (TPSA) is 67.2 Å². The molecule has 5 nitrogen and oxygen atoms in total. The van der Waals surface area contributed by atoms with Crippen molar-refractivity contribution in [2.45, 2.75) is 0 Å². The molecule has 1 N–H and O–H groups in total. The minimum atomic E-state index is -1.15. The van der Waals surface area contributed by atoms with Gasteiger partial charge in [-0.05, 0) is 11.6 Å². The van der Waals surface area contributed by atoms with Gasteiger partial charge in [0, 0.05) is 4.73 Å². The van der Waals surface area contributed by atoms with Gasteiger partial charge in [-0.2, -0.15) is 4.39 Å². The van der Waals surface area contributed by atoms with Crippen molar-refractivity contribution in [1.29, 1.82) is 0 Å². The minimum Gasteiger partial charge on any atom is -0.283 e. The van der Waals surface area contributed by atoms with Crippen molar-refractivity contribution >= 4 is 17.3 Å². The zero-order chi connectivity index (χ0) is 9.30. The van der Waals surface area contributed by atoms with Gasteiger partial charge in [-0.25, -0.2) is 0 Å². The maximum absolute atomic E-state index is 12.6. The Hall–Kier alpha value is -1.43. The molecule has 0 bridgehead atoms. The summed E-state index contributed by atoms with van der Waals surface area (Å²) in [6.45, 7) is 0. The molecule has 1 rings (SSSR count). The van der Waals surface area contributed by atoms with Gasteiger partial charge in [0.2, 0.25) is 0 Å². The van der Waals surface area contributed by atoms with Crippen molar-refractivity contribution < 1.29 is 19.3 Å². The summed E-state index contributed by atoms with van der Waals surface area (Å²) in [6.07, 6.45) is 0.514. The zero-order valence-corrected chi connectivity index (χ0v) is 6.32. The van der Waals surface area contributed by atoms with E-state index >= 15 is 0 Å². The Balaban J connectivity index is 3.33. The van der Waals surface area contributed by atoms with Crippen LogP contribution in [0.25, 0.3) is 0 Å². The molecule has 0 spiro atoms. The Bertz CT molecular complexity index is 344. The highest BCUT2D eigenvalue weighted by Crippen LogP contribution is 2.17. The van der Waals surface area contributed by atoms with Crippen molar-refractivity contribution in [2.75, 3.05) is 0 Å². The van der Waals surface area contributed by atoms with E-state index < -0.39 is 16.4 Å². The van der Waals surface area contributed by atoms with Crippen LogP contribution < -0.4 is 4.73 Å². The number of nitrogens with zero attached hydrogens (tertiary/aromatic N) is 2. The molecule has 0 saturated heterocycles. The zero-order valence-electron chi connectivity index (χ0n) is 5.57. The van der Waals surface area contributed by atoms with Crippen LogP contribution in [0.2, 0.25) is 5.15 Å². The molecular formula is C5H3ClFN2O3+. The van der Waals surface area contributed by atoms with Crippen LogP contribution in [-0.4, -0.2) is 10.1 Å². The smallest absolute Gasteiger partial charge is 0.283 e. The van der Waals surface area contributed by atoms with Crippen molar-refractivity contribution in [3.8, 4) is 0 Å². The van der Waals surface area contributed by atoms with Gasteiger partial charge in [-0.15, -0.1) is 0 Å². The van der Waals surface area contributed by atoms with Crippen molar-refractivity contribution in [3.05, 3.63) is 33.3 Å². The lowest BCUT2D eigenvalue weighted by atomic mass is 10.4. The summed E-state index contributed by atoms with van der Waals surface area (Å²) < 4.78 is 12.9. The second kappa shape index (κ2) is 2.90. The summed E-state index contributed by atoms with van der Waals surface area (Å²) in [4.78, 5) is 9.17. The van der Waals surface area contributed by atoms with Crippen LogP contribution in [-0.2, 0) is 0 Å². The summed E-state index contributed by atoms with van der Waals surface area (Å²) in [5, 5.41) is 18.5. The third kappa shape index (κ3) is 1.42. The van der Waals surface area contributed by atoms with E-state index in [2.05, 4.69) is 0 Å². The monoisotopic (exact) mass is 193 g/mol. The summed E-state index contributed by atoms with van der Waals surface area (Å²) in [7, 11) is 0. The highest BCUT2D eigenvalue weighted by atomic mass is 35.5. The van der Waals surface area contributed by atoms with E-state index in [9.17, 15) is 14.5 Å². The third-order valence-electron chi connectivity index (χ3n) is 1.15. The van der Waals surface area contributed by atoms with E-state index in [1.165, 1.54) is 0 Å². The Kier molecular flexibility index (Phi) is 2.09. The molecule has 1 aromatic rings. The molecule has 0 aromatic carbocycles. The summed E-state index contributed by atoms with van der Waals surface area (Å²) in [5.41, 5.74) is -0.773. The van der Waals surface area contributed by atoms with Crippen molar-refractivity contribution in [1.82, 2.24) is 0 Å². The molecule has 1 heterocycles. The fourth-order valence-corrected chi connectivity index (χ4v) is 0.775.